The van der Waals surface area contributed by atoms with Gasteiger partial charge in [0.15, 0.2) is 0 Å². The first kappa shape index (κ1) is 28.0. The van der Waals surface area contributed by atoms with Crippen LogP contribution in [0.1, 0.15) is 82.1 Å². The first-order valence-electron chi connectivity index (χ1n) is 8.91. The molecule has 0 aliphatic heterocycles. The Kier molecular flexibility index (Phi) is 22.6. The van der Waals surface area contributed by atoms with Gasteiger partial charge in [-0.2, -0.15) is 13.1 Å². The summed E-state index contributed by atoms with van der Waals surface area (Å²) in [5.74, 6) is 0. The molecule has 0 saturated heterocycles. The average Bonchev–Trinajstić information content (AvgIpc) is 2.41. The van der Waals surface area contributed by atoms with Gasteiger partial charge in [0.05, 0.1) is 0 Å². The third kappa shape index (κ3) is 44.9. The SMILES string of the molecule is CC(C)(C)[N]=[Mo+2]=[N]C(C)(C)C.CCC[N-]CC.CCC[N-]CC. The summed E-state index contributed by atoms with van der Waals surface area (Å²) in [6, 6.07) is 0. The molecule has 0 aromatic heterocycles. The van der Waals surface area contributed by atoms with Crippen LogP contribution in [0.4, 0.5) is 0 Å². The topological polar surface area (TPSA) is 52.9 Å². The van der Waals surface area contributed by atoms with E-state index < -0.39 is 18.2 Å². The predicted octanol–water partition coefficient (Wildman–Crippen LogP) is 6.61. The third-order valence-electron chi connectivity index (χ3n) is 1.84. The first-order valence-corrected chi connectivity index (χ1v) is 10.7. The molecule has 140 valence electrons. The fourth-order valence-corrected chi connectivity index (χ4v) is 2.20. The number of hydrogen-bond donors (Lipinski definition) is 0. The molecule has 0 saturated carbocycles. The van der Waals surface area contributed by atoms with Gasteiger partial charge in [-0.1, -0.05) is 40.5 Å². The van der Waals surface area contributed by atoms with Crippen LogP contribution in [0.3, 0.4) is 0 Å². The molecule has 0 radical (unpaired) electrons. The summed E-state index contributed by atoms with van der Waals surface area (Å²) < 4.78 is 9.01. The summed E-state index contributed by atoms with van der Waals surface area (Å²) in [4.78, 5) is 0. The van der Waals surface area contributed by atoms with Gasteiger partial charge < -0.3 is 10.6 Å². The van der Waals surface area contributed by atoms with Crippen molar-refractivity contribution in [3.63, 3.8) is 0 Å². The van der Waals surface area contributed by atoms with Crippen molar-refractivity contribution in [2.45, 2.75) is 93.2 Å². The van der Waals surface area contributed by atoms with Gasteiger partial charge in [-0.25, -0.2) is 0 Å². The second kappa shape index (κ2) is 18.5. The maximum Gasteiger partial charge on any atom is -0.0670 e. The maximum absolute atomic E-state index is 4.51. The van der Waals surface area contributed by atoms with Crippen LogP contribution >= 0.6 is 0 Å². The van der Waals surface area contributed by atoms with Crippen LogP contribution < -0.4 is 0 Å². The van der Waals surface area contributed by atoms with Gasteiger partial charge in [-0.3, -0.25) is 0 Å². The van der Waals surface area contributed by atoms with Crippen LogP contribution in [0.5, 0.6) is 0 Å². The Morgan fingerprint density at radius 3 is 1.09 bits per heavy atom. The van der Waals surface area contributed by atoms with Crippen molar-refractivity contribution < 1.29 is 18.2 Å². The summed E-state index contributed by atoms with van der Waals surface area (Å²) in [6.07, 6.45) is 2.38. The summed E-state index contributed by atoms with van der Waals surface area (Å²) >= 11 is -0.473. The van der Waals surface area contributed by atoms with E-state index in [1.54, 1.807) is 0 Å². The van der Waals surface area contributed by atoms with Crippen molar-refractivity contribution in [1.82, 2.24) is 0 Å². The molecule has 0 fully saturated rings. The minimum absolute atomic E-state index is 0.108. The van der Waals surface area contributed by atoms with Crippen LogP contribution in [0.2, 0.25) is 0 Å². The van der Waals surface area contributed by atoms with Crippen molar-refractivity contribution in [3.05, 3.63) is 10.6 Å². The number of nitrogens with zero attached hydrogens (tertiary/aromatic N) is 4. The molecule has 0 heterocycles. The monoisotopic (exact) mass is 412 g/mol. The second-order valence-corrected chi connectivity index (χ2v) is 8.43. The molecule has 5 heteroatoms. The van der Waals surface area contributed by atoms with Crippen LogP contribution in [0.25, 0.3) is 10.6 Å². The van der Waals surface area contributed by atoms with Crippen LogP contribution in [0, 0.1) is 0 Å². The zero-order chi connectivity index (χ0) is 18.8. The Morgan fingerprint density at radius 2 is 0.957 bits per heavy atom. The minimum atomic E-state index is -0.473. The Hall–Kier alpha value is 0.208. The standard InChI is InChI=1S/2C5H12N.2C4H9N.Mo/c2*1-3-5-6-4-2;2*1-4(2,3)5;/h2*3-5H2,1-2H3;2*1-3H3;/q2*-1;;;+2. The minimum Gasteiger partial charge on any atom is -0.662 e. The fourth-order valence-electron chi connectivity index (χ4n) is 0.898. The quantitative estimate of drug-likeness (QED) is 0.349. The van der Waals surface area contributed by atoms with E-state index >= 15 is 0 Å². The molecule has 0 rings (SSSR count). The first-order chi connectivity index (χ1) is 10.5. The van der Waals surface area contributed by atoms with Gasteiger partial charge >= 0.3 is 77.8 Å². The Bertz CT molecular complexity index is 250. The van der Waals surface area contributed by atoms with E-state index in [2.05, 4.69) is 86.9 Å². The zero-order valence-electron chi connectivity index (χ0n) is 17.4. The van der Waals surface area contributed by atoms with E-state index in [1.165, 1.54) is 12.8 Å². The van der Waals surface area contributed by atoms with E-state index in [-0.39, 0.29) is 11.1 Å². The summed E-state index contributed by atoms with van der Waals surface area (Å²) in [5, 5.41) is 8.18. The van der Waals surface area contributed by atoms with Crippen LogP contribution in [-0.2, 0) is 18.2 Å². The van der Waals surface area contributed by atoms with Crippen LogP contribution in [-0.4, -0.2) is 37.3 Å². The van der Waals surface area contributed by atoms with Crippen LogP contribution in [0.15, 0.2) is 6.99 Å². The van der Waals surface area contributed by atoms with Gasteiger partial charge in [0.2, 0.25) is 0 Å². The van der Waals surface area contributed by atoms with Gasteiger partial charge in [0.25, 0.3) is 0 Å². The van der Waals surface area contributed by atoms with E-state index in [0.717, 1.165) is 26.2 Å². The predicted molar refractivity (Wildman–Crippen MR) is 102 cm³/mol. The molecule has 0 aromatic rings. The molecule has 4 nitrogen and oxygen atoms in total. The molecule has 0 bridgehead atoms. The van der Waals surface area contributed by atoms with Crippen molar-refractivity contribution in [2.24, 2.45) is 6.99 Å². The largest absolute Gasteiger partial charge is 0.662 e. The van der Waals surface area contributed by atoms with Gasteiger partial charge in [-0.15, -0.1) is 13.1 Å². The molecule has 0 aromatic carbocycles. The van der Waals surface area contributed by atoms with E-state index in [4.69, 9.17) is 0 Å². The number of hydrogen-bond acceptors (Lipinski definition) is 2. The van der Waals surface area contributed by atoms with Crippen molar-refractivity contribution in [1.29, 1.82) is 0 Å². The van der Waals surface area contributed by atoms with Gasteiger partial charge in [0.1, 0.15) is 0 Å². The molecule has 0 spiro atoms. The third-order valence-corrected chi connectivity index (χ3v) is 4.93. The molecule has 0 aliphatic rings. The molecule has 0 aliphatic carbocycles. The Labute approximate surface area is 155 Å². The number of rotatable bonds is 6. The normalized spacial score (nSPS) is 10.5. The Morgan fingerprint density at radius 1 is 0.652 bits per heavy atom. The average molecular weight is 411 g/mol. The van der Waals surface area contributed by atoms with Gasteiger partial charge in [0, 0.05) is 0 Å². The zero-order valence-corrected chi connectivity index (χ0v) is 19.4. The molecule has 0 amide bonds. The second-order valence-electron chi connectivity index (χ2n) is 7.13. The molecule has 0 unspecified atom stereocenters. The molecule has 0 atom stereocenters. The fraction of sp³-hybridized carbons (Fsp3) is 1.00. The van der Waals surface area contributed by atoms with E-state index in [1.807, 2.05) is 0 Å². The molecular formula is C18H42MoN4. The van der Waals surface area contributed by atoms with Gasteiger partial charge in [-0.05, 0) is 0 Å². The van der Waals surface area contributed by atoms with E-state index in [9.17, 15) is 0 Å². The molecular weight excluding hydrogens is 368 g/mol. The summed E-state index contributed by atoms with van der Waals surface area (Å²) in [5.41, 5.74) is 0.216. The smallest absolute Gasteiger partial charge is 0.0670 e. The maximum atomic E-state index is 4.51. The summed E-state index contributed by atoms with van der Waals surface area (Å²) in [6.45, 7) is 25.2. The van der Waals surface area contributed by atoms with E-state index in [0.29, 0.717) is 0 Å². The van der Waals surface area contributed by atoms with Crippen molar-refractivity contribution >= 4 is 0 Å². The molecule has 23 heavy (non-hydrogen) atoms. The van der Waals surface area contributed by atoms with Crippen molar-refractivity contribution in [2.75, 3.05) is 26.2 Å². The Balaban J connectivity index is -0.000000284. The molecule has 0 N–H and O–H groups in total. The van der Waals surface area contributed by atoms with Crippen molar-refractivity contribution in [3.8, 4) is 0 Å². The summed E-state index contributed by atoms with van der Waals surface area (Å²) in [7, 11) is 0.